The minimum absolute atomic E-state index is 0.101. The molecule has 0 aromatic heterocycles. The lowest BCUT2D eigenvalue weighted by Gasteiger charge is -2.26. The Kier molecular flexibility index (Phi) is 7.08. The van der Waals surface area contributed by atoms with E-state index in [9.17, 15) is 9.59 Å². The molecule has 0 bridgehead atoms. The number of carbonyl (C=O) groups excluding carboxylic acids is 2. The zero-order valence-corrected chi connectivity index (χ0v) is 11.7. The number of hydrogen-bond donors (Lipinski definition) is 0. The molecule has 0 heterocycles. The summed E-state index contributed by atoms with van der Waals surface area (Å²) in [5.74, 6) is -0.438. The van der Waals surface area contributed by atoms with Gasteiger partial charge < -0.3 is 9.47 Å². The maximum atomic E-state index is 11.9. The molecule has 0 aromatic carbocycles. The molecule has 0 aromatic rings. The summed E-state index contributed by atoms with van der Waals surface area (Å²) < 4.78 is 10.0. The average molecular weight is 257 g/mol. The number of carbonyl (C=O) groups is 2. The van der Waals surface area contributed by atoms with Crippen LogP contribution in [-0.4, -0.2) is 42.3 Å². The predicted octanol–water partition coefficient (Wildman–Crippen LogP) is 2.36. The van der Waals surface area contributed by atoms with Gasteiger partial charge in [-0.2, -0.15) is 0 Å². The molecule has 0 N–H and O–H groups in total. The van der Waals surface area contributed by atoms with Crippen molar-refractivity contribution in [2.75, 3.05) is 19.7 Å². The van der Waals surface area contributed by atoms with E-state index in [-0.39, 0.29) is 6.54 Å². The van der Waals surface area contributed by atoms with Crippen LogP contribution in [0.4, 0.5) is 4.79 Å². The number of esters is 1. The van der Waals surface area contributed by atoms with Gasteiger partial charge in [-0.25, -0.2) is 4.79 Å². The monoisotopic (exact) mass is 257 g/mol. The zero-order valence-electron chi connectivity index (χ0n) is 11.7. The van der Waals surface area contributed by atoms with Gasteiger partial charge in [0.15, 0.2) is 0 Å². The molecular weight excluding hydrogens is 234 g/mol. The molecule has 0 rings (SSSR count). The van der Waals surface area contributed by atoms with Crippen molar-refractivity contribution >= 4 is 12.1 Å². The second-order valence-corrected chi connectivity index (χ2v) is 4.78. The first-order valence-corrected chi connectivity index (χ1v) is 6.04. The Hall–Kier alpha value is -1.52. The molecule has 0 atom stereocenters. The molecule has 1 amide bonds. The lowest BCUT2D eigenvalue weighted by atomic mass is 10.2. The van der Waals surface area contributed by atoms with Gasteiger partial charge in [0.2, 0.25) is 0 Å². The van der Waals surface area contributed by atoms with E-state index < -0.39 is 17.7 Å². The fourth-order valence-corrected chi connectivity index (χ4v) is 1.17. The molecule has 0 aliphatic carbocycles. The molecule has 0 unspecified atom stereocenters. The van der Waals surface area contributed by atoms with Gasteiger partial charge in [-0.05, 0) is 34.1 Å². The van der Waals surface area contributed by atoms with Crippen LogP contribution in [-0.2, 0) is 14.3 Å². The summed E-state index contributed by atoms with van der Waals surface area (Å²) in [4.78, 5) is 24.6. The van der Waals surface area contributed by atoms with Crippen LogP contribution in [0, 0.1) is 0 Å². The summed E-state index contributed by atoms with van der Waals surface area (Å²) in [5, 5.41) is 0. The van der Waals surface area contributed by atoms with Gasteiger partial charge in [0, 0.05) is 6.54 Å². The second-order valence-electron chi connectivity index (χ2n) is 4.78. The van der Waals surface area contributed by atoms with Crippen LogP contribution in [0.1, 0.15) is 34.1 Å². The van der Waals surface area contributed by atoms with Gasteiger partial charge in [0.25, 0.3) is 0 Å². The van der Waals surface area contributed by atoms with Crippen molar-refractivity contribution in [2.45, 2.75) is 39.7 Å². The summed E-state index contributed by atoms with van der Waals surface area (Å²) >= 11 is 0. The van der Waals surface area contributed by atoms with Gasteiger partial charge in [0.05, 0.1) is 6.61 Å². The van der Waals surface area contributed by atoms with Gasteiger partial charge in [-0.1, -0.05) is 6.08 Å². The van der Waals surface area contributed by atoms with Crippen molar-refractivity contribution < 1.29 is 19.1 Å². The normalized spacial score (nSPS) is 10.7. The SMILES string of the molecule is C=CCCN(CC(=O)OCC)C(=O)OC(C)(C)C. The highest BCUT2D eigenvalue weighted by Gasteiger charge is 2.23. The highest BCUT2D eigenvalue weighted by molar-refractivity contribution is 5.78. The summed E-state index contributed by atoms with van der Waals surface area (Å²) in [6, 6.07) is 0. The third-order valence-corrected chi connectivity index (χ3v) is 1.88. The summed E-state index contributed by atoms with van der Waals surface area (Å²) in [6.45, 7) is 11.2. The molecule has 18 heavy (non-hydrogen) atoms. The van der Waals surface area contributed by atoms with Crippen molar-refractivity contribution in [3.63, 3.8) is 0 Å². The standard InChI is InChI=1S/C13H23NO4/c1-6-8-9-14(10-11(15)17-7-2)12(16)18-13(3,4)5/h6H,1,7-10H2,2-5H3. The van der Waals surface area contributed by atoms with Gasteiger partial charge in [-0.15, -0.1) is 6.58 Å². The van der Waals surface area contributed by atoms with Crippen LogP contribution in [0.15, 0.2) is 12.7 Å². The molecule has 5 nitrogen and oxygen atoms in total. The van der Waals surface area contributed by atoms with E-state index in [1.54, 1.807) is 33.8 Å². The largest absolute Gasteiger partial charge is 0.465 e. The Morgan fingerprint density at radius 1 is 1.33 bits per heavy atom. The molecule has 0 fully saturated rings. The molecular formula is C13H23NO4. The third kappa shape index (κ3) is 7.70. The number of hydrogen-bond acceptors (Lipinski definition) is 4. The van der Waals surface area contributed by atoms with E-state index in [0.717, 1.165) is 0 Å². The summed E-state index contributed by atoms with van der Waals surface area (Å²) in [5.41, 5.74) is -0.585. The molecule has 0 aliphatic rings. The smallest absolute Gasteiger partial charge is 0.410 e. The molecule has 104 valence electrons. The predicted molar refractivity (Wildman–Crippen MR) is 69.3 cm³/mol. The Bertz CT molecular complexity index is 294. The zero-order chi connectivity index (χ0) is 14.2. The lowest BCUT2D eigenvalue weighted by Crippen LogP contribution is -2.40. The van der Waals surface area contributed by atoms with E-state index in [0.29, 0.717) is 19.6 Å². The van der Waals surface area contributed by atoms with Crippen LogP contribution < -0.4 is 0 Å². The van der Waals surface area contributed by atoms with Crippen LogP contribution in [0.2, 0.25) is 0 Å². The van der Waals surface area contributed by atoms with E-state index >= 15 is 0 Å². The molecule has 5 heteroatoms. The number of ether oxygens (including phenoxy) is 2. The van der Waals surface area contributed by atoms with E-state index in [1.165, 1.54) is 4.90 Å². The molecule has 0 spiro atoms. The van der Waals surface area contributed by atoms with Crippen LogP contribution >= 0.6 is 0 Å². The van der Waals surface area contributed by atoms with Crippen molar-refractivity contribution in [1.82, 2.24) is 4.90 Å². The first-order valence-electron chi connectivity index (χ1n) is 6.04. The van der Waals surface area contributed by atoms with Gasteiger partial charge >= 0.3 is 12.1 Å². The first kappa shape index (κ1) is 16.5. The maximum absolute atomic E-state index is 11.9. The highest BCUT2D eigenvalue weighted by atomic mass is 16.6. The van der Waals surface area contributed by atoms with Crippen molar-refractivity contribution in [2.24, 2.45) is 0 Å². The van der Waals surface area contributed by atoms with Crippen molar-refractivity contribution in [3.05, 3.63) is 12.7 Å². The van der Waals surface area contributed by atoms with E-state index in [1.807, 2.05) is 0 Å². The number of rotatable bonds is 6. The minimum Gasteiger partial charge on any atom is -0.465 e. The first-order chi connectivity index (χ1) is 8.30. The van der Waals surface area contributed by atoms with Crippen LogP contribution in [0.3, 0.4) is 0 Å². The average Bonchev–Trinajstić information content (AvgIpc) is 2.21. The summed E-state index contributed by atoms with van der Waals surface area (Å²) in [6.07, 6.45) is 1.76. The van der Waals surface area contributed by atoms with Crippen LogP contribution in [0.5, 0.6) is 0 Å². The van der Waals surface area contributed by atoms with Crippen molar-refractivity contribution in [3.8, 4) is 0 Å². The topological polar surface area (TPSA) is 55.8 Å². The quantitative estimate of drug-likeness (QED) is 0.541. The second kappa shape index (κ2) is 7.74. The molecule has 0 saturated heterocycles. The highest BCUT2D eigenvalue weighted by Crippen LogP contribution is 2.10. The van der Waals surface area contributed by atoms with Crippen molar-refractivity contribution in [1.29, 1.82) is 0 Å². The summed E-state index contributed by atoms with van der Waals surface area (Å²) in [7, 11) is 0. The Labute approximate surface area is 109 Å². The van der Waals surface area contributed by atoms with E-state index in [4.69, 9.17) is 9.47 Å². The molecule has 0 radical (unpaired) electrons. The Morgan fingerprint density at radius 2 is 1.94 bits per heavy atom. The van der Waals surface area contributed by atoms with Crippen LogP contribution in [0.25, 0.3) is 0 Å². The molecule has 0 aliphatic heterocycles. The van der Waals surface area contributed by atoms with Gasteiger partial charge in [0.1, 0.15) is 12.1 Å². The van der Waals surface area contributed by atoms with E-state index in [2.05, 4.69) is 6.58 Å². The lowest BCUT2D eigenvalue weighted by molar-refractivity contribution is -0.144. The Morgan fingerprint density at radius 3 is 2.39 bits per heavy atom. The fraction of sp³-hybridized carbons (Fsp3) is 0.692. The van der Waals surface area contributed by atoms with Gasteiger partial charge in [-0.3, -0.25) is 9.69 Å². The molecule has 0 saturated carbocycles. The Balaban J connectivity index is 4.50. The third-order valence-electron chi connectivity index (χ3n) is 1.88. The minimum atomic E-state index is -0.585. The number of nitrogens with zero attached hydrogens (tertiary/aromatic N) is 1. The maximum Gasteiger partial charge on any atom is 0.410 e. The number of amides is 1. The fourth-order valence-electron chi connectivity index (χ4n) is 1.17.